The number of ether oxygens (including phenoxy) is 3. The summed E-state index contributed by atoms with van der Waals surface area (Å²) >= 11 is 0. The molecule has 2 aliphatic rings. The van der Waals surface area contributed by atoms with Crippen molar-refractivity contribution in [2.45, 2.75) is 51.5 Å². The maximum atomic E-state index is 11.6. The van der Waals surface area contributed by atoms with Crippen molar-refractivity contribution in [3.63, 3.8) is 0 Å². The summed E-state index contributed by atoms with van der Waals surface area (Å²) in [6, 6.07) is 0.438. The molecule has 1 unspecified atom stereocenters. The van der Waals surface area contributed by atoms with Crippen LogP contribution in [0.15, 0.2) is 0 Å². The topological polar surface area (TPSA) is 60.0 Å². The van der Waals surface area contributed by atoms with Crippen LogP contribution in [0.1, 0.15) is 33.6 Å². The van der Waals surface area contributed by atoms with E-state index in [1.807, 2.05) is 20.8 Å². The van der Waals surface area contributed by atoms with Gasteiger partial charge in [0.2, 0.25) is 0 Å². The molecule has 6 nitrogen and oxygen atoms in total. The Balaban J connectivity index is 1.64. The number of carbonyl (C=O) groups is 1. The summed E-state index contributed by atoms with van der Waals surface area (Å²) in [6.45, 7) is 9.09. The molecule has 0 bridgehead atoms. The van der Waals surface area contributed by atoms with E-state index in [-0.39, 0.29) is 12.2 Å². The van der Waals surface area contributed by atoms with Crippen LogP contribution in [-0.2, 0) is 14.2 Å². The highest BCUT2D eigenvalue weighted by molar-refractivity contribution is 5.67. The van der Waals surface area contributed by atoms with Gasteiger partial charge in [-0.1, -0.05) is 0 Å². The standard InChI is InChI=1S/C14H26N2O4/c1-4-18-13(17)16-7-5-11(6-8-16)15-9-12-10-19-14(2,3)20-12/h11-12,15H,4-10H2,1-3H3. The molecule has 2 rings (SSSR count). The number of piperidine rings is 1. The molecular formula is C14H26N2O4. The molecule has 6 heteroatoms. The number of rotatable bonds is 4. The fourth-order valence-corrected chi connectivity index (χ4v) is 2.64. The van der Waals surface area contributed by atoms with Gasteiger partial charge in [0.05, 0.1) is 19.3 Å². The summed E-state index contributed by atoms with van der Waals surface area (Å²) in [5, 5.41) is 3.51. The molecule has 0 spiro atoms. The van der Waals surface area contributed by atoms with E-state index >= 15 is 0 Å². The second kappa shape index (κ2) is 6.74. The van der Waals surface area contributed by atoms with E-state index in [1.165, 1.54) is 0 Å². The Hall–Kier alpha value is -0.850. The summed E-state index contributed by atoms with van der Waals surface area (Å²) in [4.78, 5) is 13.4. The first-order valence-electron chi connectivity index (χ1n) is 7.47. The molecular weight excluding hydrogens is 260 g/mol. The third-order valence-electron chi connectivity index (χ3n) is 3.72. The lowest BCUT2D eigenvalue weighted by Crippen LogP contribution is -2.47. The molecule has 1 N–H and O–H groups in total. The summed E-state index contributed by atoms with van der Waals surface area (Å²) in [5.74, 6) is -0.459. The number of nitrogens with zero attached hydrogens (tertiary/aromatic N) is 1. The van der Waals surface area contributed by atoms with Gasteiger partial charge in [0, 0.05) is 25.7 Å². The molecule has 2 aliphatic heterocycles. The highest BCUT2D eigenvalue weighted by Gasteiger charge is 2.33. The smallest absolute Gasteiger partial charge is 0.409 e. The van der Waals surface area contributed by atoms with Crippen LogP contribution in [0.25, 0.3) is 0 Å². The Morgan fingerprint density at radius 1 is 1.40 bits per heavy atom. The van der Waals surface area contributed by atoms with Gasteiger partial charge in [-0.2, -0.15) is 0 Å². The van der Waals surface area contributed by atoms with E-state index in [1.54, 1.807) is 4.90 Å². The number of amides is 1. The third kappa shape index (κ3) is 4.33. The van der Waals surface area contributed by atoms with E-state index in [4.69, 9.17) is 14.2 Å². The Morgan fingerprint density at radius 3 is 2.65 bits per heavy atom. The van der Waals surface area contributed by atoms with E-state index < -0.39 is 5.79 Å². The number of hydrogen-bond donors (Lipinski definition) is 1. The molecule has 0 aromatic heterocycles. The number of hydrogen-bond acceptors (Lipinski definition) is 5. The third-order valence-corrected chi connectivity index (χ3v) is 3.72. The van der Waals surface area contributed by atoms with Gasteiger partial charge in [-0.05, 0) is 33.6 Å². The summed E-state index contributed by atoms with van der Waals surface area (Å²) in [6.07, 6.45) is 1.83. The Kier molecular flexibility index (Phi) is 5.23. The first-order chi connectivity index (χ1) is 9.50. The predicted molar refractivity (Wildman–Crippen MR) is 74.5 cm³/mol. The monoisotopic (exact) mass is 286 g/mol. The van der Waals surface area contributed by atoms with Crippen molar-refractivity contribution in [3.8, 4) is 0 Å². The van der Waals surface area contributed by atoms with Crippen LogP contribution < -0.4 is 5.32 Å². The van der Waals surface area contributed by atoms with E-state index in [0.29, 0.717) is 19.3 Å². The molecule has 1 atom stereocenters. The van der Waals surface area contributed by atoms with Gasteiger partial charge in [-0.3, -0.25) is 0 Å². The SMILES string of the molecule is CCOC(=O)N1CCC(NCC2COC(C)(C)O2)CC1. The normalized spacial score (nSPS) is 26.8. The average molecular weight is 286 g/mol. The Bertz CT molecular complexity index is 327. The van der Waals surface area contributed by atoms with Crippen LogP contribution >= 0.6 is 0 Å². The average Bonchev–Trinajstić information content (AvgIpc) is 2.77. The van der Waals surface area contributed by atoms with Crippen molar-refractivity contribution < 1.29 is 19.0 Å². The lowest BCUT2D eigenvalue weighted by Gasteiger charge is -2.32. The fourth-order valence-electron chi connectivity index (χ4n) is 2.64. The van der Waals surface area contributed by atoms with Crippen molar-refractivity contribution in [2.75, 3.05) is 32.8 Å². The van der Waals surface area contributed by atoms with Gasteiger partial charge in [0.25, 0.3) is 0 Å². The molecule has 2 fully saturated rings. The van der Waals surface area contributed by atoms with E-state index in [9.17, 15) is 4.79 Å². The largest absolute Gasteiger partial charge is 0.450 e. The number of carbonyl (C=O) groups excluding carboxylic acids is 1. The molecule has 2 heterocycles. The van der Waals surface area contributed by atoms with Gasteiger partial charge in [0.15, 0.2) is 5.79 Å². The Labute approximate surface area is 120 Å². The van der Waals surface area contributed by atoms with Gasteiger partial charge >= 0.3 is 6.09 Å². The number of likely N-dealkylation sites (tertiary alicyclic amines) is 1. The zero-order valence-electron chi connectivity index (χ0n) is 12.7. The zero-order chi connectivity index (χ0) is 14.6. The van der Waals surface area contributed by atoms with Crippen LogP contribution in [0.5, 0.6) is 0 Å². The molecule has 2 saturated heterocycles. The van der Waals surface area contributed by atoms with Crippen molar-refractivity contribution in [1.29, 1.82) is 0 Å². The predicted octanol–water partition coefficient (Wildman–Crippen LogP) is 1.35. The lowest BCUT2D eigenvalue weighted by atomic mass is 10.1. The van der Waals surface area contributed by atoms with Crippen LogP contribution in [0, 0.1) is 0 Å². The molecule has 0 aromatic carbocycles. The Morgan fingerprint density at radius 2 is 2.10 bits per heavy atom. The summed E-state index contributed by atoms with van der Waals surface area (Å²) < 4.78 is 16.3. The lowest BCUT2D eigenvalue weighted by molar-refractivity contribution is -0.138. The molecule has 1 amide bonds. The van der Waals surface area contributed by atoms with E-state index in [0.717, 1.165) is 32.5 Å². The van der Waals surface area contributed by atoms with Crippen LogP contribution in [0.4, 0.5) is 4.79 Å². The van der Waals surface area contributed by atoms with Gasteiger partial charge in [0.1, 0.15) is 0 Å². The minimum atomic E-state index is -0.459. The molecule has 0 aliphatic carbocycles. The van der Waals surface area contributed by atoms with Gasteiger partial charge in [-0.15, -0.1) is 0 Å². The maximum Gasteiger partial charge on any atom is 0.409 e. The van der Waals surface area contributed by atoms with Crippen molar-refractivity contribution in [3.05, 3.63) is 0 Å². The maximum absolute atomic E-state index is 11.6. The highest BCUT2D eigenvalue weighted by atomic mass is 16.7. The molecule has 20 heavy (non-hydrogen) atoms. The first kappa shape index (κ1) is 15.5. The molecule has 116 valence electrons. The van der Waals surface area contributed by atoms with Crippen molar-refractivity contribution in [1.82, 2.24) is 10.2 Å². The number of nitrogens with one attached hydrogen (secondary N) is 1. The van der Waals surface area contributed by atoms with Crippen LogP contribution in [0.3, 0.4) is 0 Å². The van der Waals surface area contributed by atoms with Gasteiger partial charge in [-0.25, -0.2) is 4.79 Å². The molecule has 0 aromatic rings. The van der Waals surface area contributed by atoms with Gasteiger partial charge < -0.3 is 24.4 Å². The summed E-state index contributed by atoms with van der Waals surface area (Å²) in [7, 11) is 0. The van der Waals surface area contributed by atoms with Crippen LogP contribution in [-0.4, -0.2) is 61.8 Å². The van der Waals surface area contributed by atoms with Crippen LogP contribution in [0.2, 0.25) is 0 Å². The summed E-state index contributed by atoms with van der Waals surface area (Å²) in [5.41, 5.74) is 0. The van der Waals surface area contributed by atoms with Crippen molar-refractivity contribution >= 4 is 6.09 Å². The minimum Gasteiger partial charge on any atom is -0.450 e. The molecule has 0 radical (unpaired) electrons. The fraction of sp³-hybridized carbons (Fsp3) is 0.929. The first-order valence-corrected chi connectivity index (χ1v) is 7.47. The quantitative estimate of drug-likeness (QED) is 0.845. The van der Waals surface area contributed by atoms with E-state index in [2.05, 4.69) is 5.32 Å². The zero-order valence-corrected chi connectivity index (χ0v) is 12.7. The molecule has 0 saturated carbocycles. The second-order valence-electron chi connectivity index (χ2n) is 5.82. The van der Waals surface area contributed by atoms with Crippen molar-refractivity contribution in [2.24, 2.45) is 0 Å². The highest BCUT2D eigenvalue weighted by Crippen LogP contribution is 2.22. The minimum absolute atomic E-state index is 0.119. The second-order valence-corrected chi connectivity index (χ2v) is 5.82.